The predicted octanol–water partition coefficient (Wildman–Crippen LogP) is 1.29. The predicted molar refractivity (Wildman–Crippen MR) is 56.6 cm³/mol. The van der Waals surface area contributed by atoms with Gasteiger partial charge in [-0.05, 0) is 39.4 Å². The summed E-state index contributed by atoms with van der Waals surface area (Å²) >= 11 is 0. The Morgan fingerprint density at radius 2 is 2.00 bits per heavy atom. The Morgan fingerprint density at radius 3 is 2.67 bits per heavy atom. The van der Waals surface area contributed by atoms with Crippen LogP contribution in [0, 0.1) is 0 Å². The second-order valence-electron chi connectivity index (χ2n) is 3.54. The van der Waals surface area contributed by atoms with Gasteiger partial charge in [-0.15, -0.1) is 24.8 Å². The molecule has 2 fully saturated rings. The molecule has 2 nitrogen and oxygen atoms in total. The zero-order chi connectivity index (χ0) is 6.97. The summed E-state index contributed by atoms with van der Waals surface area (Å²) in [5, 5.41) is 3.55. The SMILES string of the molecule is CN1CCCC2NCCC21.Cl.Cl. The second-order valence-corrected chi connectivity index (χ2v) is 3.54. The minimum absolute atomic E-state index is 0. The van der Waals surface area contributed by atoms with Crippen molar-refractivity contribution in [3.8, 4) is 0 Å². The van der Waals surface area contributed by atoms with Crippen LogP contribution in [0.25, 0.3) is 0 Å². The van der Waals surface area contributed by atoms with Crippen molar-refractivity contribution in [2.75, 3.05) is 20.1 Å². The van der Waals surface area contributed by atoms with Crippen LogP contribution in [-0.2, 0) is 0 Å². The van der Waals surface area contributed by atoms with Gasteiger partial charge in [-0.2, -0.15) is 0 Å². The summed E-state index contributed by atoms with van der Waals surface area (Å²) < 4.78 is 0. The summed E-state index contributed by atoms with van der Waals surface area (Å²) in [4.78, 5) is 2.51. The maximum absolute atomic E-state index is 3.55. The van der Waals surface area contributed by atoms with E-state index in [-0.39, 0.29) is 24.8 Å². The van der Waals surface area contributed by atoms with Gasteiger partial charge in [0, 0.05) is 12.1 Å². The lowest BCUT2D eigenvalue weighted by Crippen LogP contribution is -2.46. The maximum atomic E-state index is 3.55. The molecule has 0 aromatic heterocycles. The van der Waals surface area contributed by atoms with Crippen LogP contribution in [0.3, 0.4) is 0 Å². The van der Waals surface area contributed by atoms with E-state index in [0.717, 1.165) is 12.1 Å². The monoisotopic (exact) mass is 212 g/mol. The van der Waals surface area contributed by atoms with E-state index in [9.17, 15) is 0 Å². The van der Waals surface area contributed by atoms with Crippen LogP contribution < -0.4 is 5.32 Å². The summed E-state index contributed by atoms with van der Waals surface area (Å²) in [5.41, 5.74) is 0. The largest absolute Gasteiger partial charge is 0.312 e. The molecule has 2 saturated heterocycles. The van der Waals surface area contributed by atoms with Crippen molar-refractivity contribution >= 4 is 24.8 Å². The van der Waals surface area contributed by atoms with Crippen LogP contribution in [-0.4, -0.2) is 37.1 Å². The fourth-order valence-electron chi connectivity index (χ4n) is 2.30. The van der Waals surface area contributed by atoms with Crippen molar-refractivity contribution in [3.05, 3.63) is 0 Å². The quantitative estimate of drug-likeness (QED) is 0.652. The minimum atomic E-state index is 0. The van der Waals surface area contributed by atoms with Crippen LogP contribution in [0.4, 0.5) is 0 Å². The van der Waals surface area contributed by atoms with E-state index in [0.29, 0.717) is 0 Å². The molecule has 4 heteroatoms. The van der Waals surface area contributed by atoms with Gasteiger partial charge in [0.15, 0.2) is 0 Å². The first-order chi connectivity index (χ1) is 4.88. The number of rotatable bonds is 0. The zero-order valence-corrected chi connectivity index (χ0v) is 9.09. The first-order valence-corrected chi connectivity index (χ1v) is 4.31. The van der Waals surface area contributed by atoms with E-state index in [1.807, 2.05) is 0 Å². The third kappa shape index (κ3) is 2.25. The van der Waals surface area contributed by atoms with Gasteiger partial charge in [-0.25, -0.2) is 0 Å². The molecule has 0 amide bonds. The van der Waals surface area contributed by atoms with E-state index in [1.165, 1.54) is 32.4 Å². The summed E-state index contributed by atoms with van der Waals surface area (Å²) in [7, 11) is 2.25. The molecule has 0 saturated carbocycles. The van der Waals surface area contributed by atoms with Gasteiger partial charge in [-0.1, -0.05) is 0 Å². The topological polar surface area (TPSA) is 15.3 Å². The average molecular weight is 213 g/mol. The summed E-state index contributed by atoms with van der Waals surface area (Å²) in [6.07, 6.45) is 4.14. The highest BCUT2D eigenvalue weighted by Crippen LogP contribution is 2.22. The van der Waals surface area contributed by atoms with Crippen LogP contribution in [0.15, 0.2) is 0 Å². The Labute approximate surface area is 86.9 Å². The Bertz CT molecular complexity index is 132. The molecular formula is C8H18Cl2N2. The number of likely N-dealkylation sites (N-methyl/N-ethyl adjacent to an activating group) is 1. The van der Waals surface area contributed by atoms with E-state index >= 15 is 0 Å². The Hall–Kier alpha value is 0.500. The molecule has 12 heavy (non-hydrogen) atoms. The van der Waals surface area contributed by atoms with Crippen LogP contribution in [0.2, 0.25) is 0 Å². The van der Waals surface area contributed by atoms with E-state index < -0.39 is 0 Å². The molecule has 0 aromatic rings. The van der Waals surface area contributed by atoms with E-state index in [1.54, 1.807) is 0 Å². The van der Waals surface area contributed by atoms with Crippen LogP contribution >= 0.6 is 24.8 Å². The summed E-state index contributed by atoms with van der Waals surface area (Å²) in [6.45, 7) is 2.54. The molecule has 2 unspecified atom stereocenters. The molecule has 0 spiro atoms. The van der Waals surface area contributed by atoms with Gasteiger partial charge >= 0.3 is 0 Å². The molecule has 0 aliphatic carbocycles. The molecule has 74 valence electrons. The zero-order valence-electron chi connectivity index (χ0n) is 7.45. The number of nitrogens with zero attached hydrogens (tertiary/aromatic N) is 1. The van der Waals surface area contributed by atoms with Gasteiger partial charge in [0.05, 0.1) is 0 Å². The molecular weight excluding hydrogens is 195 g/mol. The molecule has 0 bridgehead atoms. The van der Waals surface area contributed by atoms with Gasteiger partial charge in [-0.3, -0.25) is 0 Å². The van der Waals surface area contributed by atoms with Crippen molar-refractivity contribution in [1.29, 1.82) is 0 Å². The Morgan fingerprint density at radius 1 is 1.25 bits per heavy atom. The van der Waals surface area contributed by atoms with Crippen molar-refractivity contribution in [2.24, 2.45) is 0 Å². The molecule has 1 N–H and O–H groups in total. The number of nitrogens with one attached hydrogen (secondary N) is 1. The number of hydrogen-bond acceptors (Lipinski definition) is 2. The lowest BCUT2D eigenvalue weighted by molar-refractivity contribution is 0.173. The lowest BCUT2D eigenvalue weighted by Gasteiger charge is -2.34. The number of likely N-dealkylation sites (tertiary alicyclic amines) is 1. The molecule has 2 aliphatic heterocycles. The summed E-state index contributed by atoms with van der Waals surface area (Å²) in [6, 6.07) is 1.67. The smallest absolute Gasteiger partial charge is 0.0258 e. The van der Waals surface area contributed by atoms with Gasteiger partial charge in [0.1, 0.15) is 0 Å². The third-order valence-electron chi connectivity index (χ3n) is 2.90. The minimum Gasteiger partial charge on any atom is -0.312 e. The fraction of sp³-hybridized carbons (Fsp3) is 1.00. The van der Waals surface area contributed by atoms with Gasteiger partial charge in [0.2, 0.25) is 0 Å². The number of hydrogen-bond donors (Lipinski definition) is 1. The average Bonchev–Trinajstić information content (AvgIpc) is 2.36. The molecule has 0 aromatic carbocycles. The second kappa shape index (κ2) is 5.28. The fourth-order valence-corrected chi connectivity index (χ4v) is 2.30. The lowest BCUT2D eigenvalue weighted by atomic mass is 9.98. The Kier molecular flexibility index (Phi) is 5.50. The molecule has 2 aliphatic rings. The van der Waals surface area contributed by atoms with E-state index in [4.69, 9.17) is 0 Å². The number of halogens is 2. The molecule has 2 heterocycles. The van der Waals surface area contributed by atoms with Crippen molar-refractivity contribution in [1.82, 2.24) is 10.2 Å². The molecule has 2 rings (SSSR count). The van der Waals surface area contributed by atoms with Crippen LogP contribution in [0.5, 0.6) is 0 Å². The first kappa shape index (κ1) is 12.5. The van der Waals surface area contributed by atoms with Gasteiger partial charge in [0.25, 0.3) is 0 Å². The molecule has 0 radical (unpaired) electrons. The number of piperidine rings is 1. The summed E-state index contributed by atoms with van der Waals surface area (Å²) in [5.74, 6) is 0. The van der Waals surface area contributed by atoms with Crippen molar-refractivity contribution in [3.63, 3.8) is 0 Å². The highest BCUT2D eigenvalue weighted by Gasteiger charge is 2.32. The first-order valence-electron chi connectivity index (χ1n) is 4.31. The highest BCUT2D eigenvalue weighted by molar-refractivity contribution is 5.85. The Balaban J connectivity index is 0.000000605. The third-order valence-corrected chi connectivity index (χ3v) is 2.90. The number of fused-ring (bicyclic) bond motifs is 1. The van der Waals surface area contributed by atoms with E-state index in [2.05, 4.69) is 17.3 Å². The van der Waals surface area contributed by atoms with Crippen LogP contribution in [0.1, 0.15) is 19.3 Å². The molecule has 2 atom stereocenters. The maximum Gasteiger partial charge on any atom is 0.0258 e. The van der Waals surface area contributed by atoms with Crippen molar-refractivity contribution < 1.29 is 0 Å². The van der Waals surface area contributed by atoms with Crippen molar-refractivity contribution in [2.45, 2.75) is 31.3 Å². The van der Waals surface area contributed by atoms with Gasteiger partial charge < -0.3 is 10.2 Å². The highest BCUT2D eigenvalue weighted by atomic mass is 35.5. The normalized spacial score (nSPS) is 34.8. The standard InChI is InChI=1S/C8H16N2.2ClH/c1-10-6-2-3-7-8(10)4-5-9-7;;/h7-9H,2-6H2,1H3;2*1H.